The first-order chi connectivity index (χ1) is 10.4. The normalized spacial score (nSPS) is 14.1. The second-order valence-electron chi connectivity index (χ2n) is 6.81. The van der Waals surface area contributed by atoms with Crippen molar-refractivity contribution >= 4 is 12.0 Å². The van der Waals surface area contributed by atoms with Crippen molar-refractivity contribution in [2.75, 3.05) is 0 Å². The number of rotatable bonds is 4. The van der Waals surface area contributed by atoms with Crippen LogP contribution in [0.5, 0.6) is 0 Å². The Kier molecular flexibility index (Phi) is 5.80. The monoisotopic (exact) mass is 324 g/mol. The maximum absolute atomic E-state index is 12.2. The van der Waals surface area contributed by atoms with E-state index in [0.29, 0.717) is 0 Å². The lowest BCUT2D eigenvalue weighted by Crippen LogP contribution is -2.47. The molecule has 0 aliphatic heterocycles. The molecule has 0 saturated carbocycles. The lowest BCUT2D eigenvalue weighted by atomic mass is 10.1. The Morgan fingerprint density at radius 3 is 2.17 bits per heavy atom. The topological polar surface area (TPSA) is 85.3 Å². The van der Waals surface area contributed by atoms with Crippen molar-refractivity contribution in [2.24, 2.45) is 7.05 Å². The predicted molar refractivity (Wildman–Crippen MR) is 88.1 cm³/mol. The summed E-state index contributed by atoms with van der Waals surface area (Å²) in [4.78, 5) is 24.0. The molecule has 0 saturated heterocycles. The number of ether oxygens (including phenoxy) is 1. The molecule has 2 N–H and O–H groups in total. The van der Waals surface area contributed by atoms with Crippen LogP contribution in [0, 0.1) is 13.8 Å². The Morgan fingerprint density at radius 1 is 1.17 bits per heavy atom. The molecular formula is C16H28N4O3. The molecule has 0 radical (unpaired) electrons. The van der Waals surface area contributed by atoms with Gasteiger partial charge in [-0.25, -0.2) is 4.79 Å². The molecule has 2 amide bonds. The molecule has 1 aromatic heterocycles. The van der Waals surface area contributed by atoms with Crippen molar-refractivity contribution < 1.29 is 14.3 Å². The number of hydrogen-bond acceptors (Lipinski definition) is 4. The van der Waals surface area contributed by atoms with Gasteiger partial charge in [0.1, 0.15) is 11.6 Å². The number of hydrogen-bond donors (Lipinski definition) is 2. The molecule has 2 atom stereocenters. The second kappa shape index (κ2) is 7.02. The van der Waals surface area contributed by atoms with Crippen LogP contribution in [0.4, 0.5) is 4.79 Å². The van der Waals surface area contributed by atoms with Crippen LogP contribution >= 0.6 is 0 Å². The van der Waals surface area contributed by atoms with Crippen LogP contribution in [0.25, 0.3) is 0 Å². The van der Waals surface area contributed by atoms with E-state index in [9.17, 15) is 9.59 Å². The molecule has 0 spiro atoms. The molecule has 0 aromatic carbocycles. The highest BCUT2D eigenvalue weighted by atomic mass is 16.6. The summed E-state index contributed by atoms with van der Waals surface area (Å²) >= 11 is 0. The van der Waals surface area contributed by atoms with Crippen LogP contribution < -0.4 is 10.6 Å². The summed E-state index contributed by atoms with van der Waals surface area (Å²) in [5.41, 5.74) is 2.27. The van der Waals surface area contributed by atoms with E-state index < -0.39 is 17.7 Å². The summed E-state index contributed by atoms with van der Waals surface area (Å²) in [7, 11) is 1.87. The van der Waals surface area contributed by atoms with Crippen LogP contribution in [-0.4, -0.2) is 33.4 Å². The van der Waals surface area contributed by atoms with Crippen LogP contribution in [0.1, 0.15) is 57.6 Å². The van der Waals surface area contributed by atoms with E-state index >= 15 is 0 Å². The fourth-order valence-corrected chi connectivity index (χ4v) is 2.38. The zero-order valence-electron chi connectivity index (χ0n) is 15.3. The number of nitrogens with zero attached hydrogens (tertiary/aromatic N) is 2. The van der Waals surface area contributed by atoms with Crippen LogP contribution in [-0.2, 0) is 16.6 Å². The van der Waals surface area contributed by atoms with Crippen molar-refractivity contribution in [1.29, 1.82) is 0 Å². The molecule has 1 aromatic rings. The van der Waals surface area contributed by atoms with Gasteiger partial charge in [-0.1, -0.05) is 0 Å². The number of carbonyl (C=O) groups excluding carboxylic acids is 2. The molecule has 7 nitrogen and oxygen atoms in total. The van der Waals surface area contributed by atoms with E-state index in [1.807, 2.05) is 27.8 Å². The molecule has 130 valence electrons. The van der Waals surface area contributed by atoms with E-state index in [1.165, 1.54) is 0 Å². The van der Waals surface area contributed by atoms with E-state index in [-0.39, 0.29) is 11.9 Å². The Bertz CT molecular complexity index is 587. The minimum atomic E-state index is -0.690. The Labute approximate surface area is 137 Å². The zero-order valence-corrected chi connectivity index (χ0v) is 15.3. The maximum atomic E-state index is 12.2. The highest BCUT2D eigenvalue weighted by Gasteiger charge is 2.24. The SMILES string of the molecule is Cc1nn(C)c(C)c1[C@@H](C)NC(=O)[C@@H](C)NC(=O)OC(C)(C)C. The lowest BCUT2D eigenvalue weighted by molar-refractivity contribution is -0.123. The van der Waals surface area contributed by atoms with E-state index in [4.69, 9.17) is 4.74 Å². The first-order valence-corrected chi connectivity index (χ1v) is 7.72. The van der Waals surface area contributed by atoms with Gasteiger partial charge in [-0.05, 0) is 48.5 Å². The van der Waals surface area contributed by atoms with Gasteiger partial charge in [0.05, 0.1) is 11.7 Å². The van der Waals surface area contributed by atoms with Gasteiger partial charge >= 0.3 is 6.09 Å². The van der Waals surface area contributed by atoms with E-state index in [1.54, 1.807) is 32.4 Å². The van der Waals surface area contributed by atoms with E-state index in [0.717, 1.165) is 17.0 Å². The lowest BCUT2D eigenvalue weighted by Gasteiger charge is -2.23. The largest absolute Gasteiger partial charge is 0.444 e. The van der Waals surface area contributed by atoms with Crippen molar-refractivity contribution in [3.8, 4) is 0 Å². The molecular weight excluding hydrogens is 296 g/mol. The van der Waals surface area contributed by atoms with Gasteiger partial charge in [0, 0.05) is 18.3 Å². The zero-order chi connectivity index (χ0) is 17.9. The van der Waals surface area contributed by atoms with E-state index in [2.05, 4.69) is 15.7 Å². The van der Waals surface area contributed by atoms with Crippen LogP contribution in [0.2, 0.25) is 0 Å². The number of carbonyl (C=O) groups is 2. The average molecular weight is 324 g/mol. The van der Waals surface area contributed by atoms with Crippen LogP contribution in [0.15, 0.2) is 0 Å². The minimum Gasteiger partial charge on any atom is -0.444 e. The molecule has 1 rings (SSSR count). The molecule has 0 aliphatic carbocycles. The number of aryl methyl sites for hydroxylation is 2. The molecule has 0 unspecified atom stereocenters. The van der Waals surface area contributed by atoms with Gasteiger partial charge in [-0.2, -0.15) is 5.10 Å². The third-order valence-corrected chi connectivity index (χ3v) is 3.48. The van der Waals surface area contributed by atoms with Gasteiger partial charge in [-0.3, -0.25) is 9.48 Å². The third-order valence-electron chi connectivity index (χ3n) is 3.48. The van der Waals surface area contributed by atoms with Crippen molar-refractivity contribution in [3.05, 3.63) is 17.0 Å². The maximum Gasteiger partial charge on any atom is 0.408 e. The van der Waals surface area contributed by atoms with Gasteiger partial charge < -0.3 is 15.4 Å². The fourth-order valence-electron chi connectivity index (χ4n) is 2.38. The van der Waals surface area contributed by atoms with Crippen LogP contribution in [0.3, 0.4) is 0 Å². The first kappa shape index (κ1) is 19.0. The van der Waals surface area contributed by atoms with Crippen molar-refractivity contribution in [2.45, 2.75) is 66.2 Å². The summed E-state index contributed by atoms with van der Waals surface area (Å²) in [6, 6.07) is -0.885. The number of amides is 2. The molecule has 7 heteroatoms. The molecule has 0 fully saturated rings. The Balaban J connectivity index is 2.66. The predicted octanol–water partition coefficient (Wildman–Crippen LogP) is 2.13. The highest BCUT2D eigenvalue weighted by Crippen LogP contribution is 2.20. The Morgan fingerprint density at radius 2 is 1.74 bits per heavy atom. The highest BCUT2D eigenvalue weighted by molar-refractivity contribution is 5.85. The number of nitrogens with one attached hydrogen (secondary N) is 2. The average Bonchev–Trinajstić information content (AvgIpc) is 2.60. The smallest absolute Gasteiger partial charge is 0.408 e. The van der Waals surface area contributed by atoms with Crippen molar-refractivity contribution in [3.63, 3.8) is 0 Å². The summed E-state index contributed by atoms with van der Waals surface area (Å²) in [6.07, 6.45) is -0.610. The number of alkyl carbamates (subject to hydrolysis) is 1. The first-order valence-electron chi connectivity index (χ1n) is 7.72. The number of aromatic nitrogens is 2. The summed E-state index contributed by atoms with van der Waals surface area (Å²) in [5, 5.41) is 9.78. The minimum absolute atomic E-state index is 0.195. The second-order valence-corrected chi connectivity index (χ2v) is 6.81. The molecule has 23 heavy (non-hydrogen) atoms. The summed E-state index contributed by atoms with van der Waals surface area (Å²) in [5.74, 6) is -0.272. The van der Waals surface area contributed by atoms with Gasteiger partial charge in [0.2, 0.25) is 5.91 Å². The molecule has 1 heterocycles. The van der Waals surface area contributed by atoms with Gasteiger partial charge in [0.15, 0.2) is 0 Å². The quantitative estimate of drug-likeness (QED) is 0.888. The molecule has 0 bridgehead atoms. The van der Waals surface area contributed by atoms with Gasteiger partial charge in [-0.15, -0.1) is 0 Å². The van der Waals surface area contributed by atoms with Gasteiger partial charge in [0.25, 0.3) is 0 Å². The Hall–Kier alpha value is -2.05. The third kappa shape index (κ3) is 5.26. The van der Waals surface area contributed by atoms with Crippen molar-refractivity contribution in [1.82, 2.24) is 20.4 Å². The summed E-state index contributed by atoms with van der Waals surface area (Å²) < 4.78 is 6.93. The summed E-state index contributed by atoms with van der Waals surface area (Å²) in [6.45, 7) is 12.7. The molecule has 0 aliphatic rings. The fraction of sp³-hybridized carbons (Fsp3) is 0.688. The standard InChI is InChI=1S/C16H28N4O3/c1-9(13-10(2)19-20(8)12(13)4)17-14(21)11(3)18-15(22)23-16(5,6)7/h9,11H,1-8H3,(H,17,21)(H,18,22)/t9-,11-/m1/s1.